The van der Waals surface area contributed by atoms with E-state index in [4.69, 9.17) is 24.9 Å². The van der Waals surface area contributed by atoms with Crippen LogP contribution in [0.3, 0.4) is 0 Å². The minimum atomic E-state index is 0.420. The van der Waals surface area contributed by atoms with Crippen molar-refractivity contribution in [1.29, 1.82) is 0 Å². The molecule has 0 bridgehead atoms. The van der Waals surface area contributed by atoms with Crippen LogP contribution in [0.4, 0.5) is 34.5 Å². The van der Waals surface area contributed by atoms with Crippen LogP contribution in [0.15, 0.2) is 188 Å². The molecule has 0 atom stereocenters. The molecule has 2 aromatic heterocycles. The van der Waals surface area contributed by atoms with Gasteiger partial charge in [-0.15, -0.1) is 0 Å². The number of hydrogen-bond acceptors (Lipinski definition) is 7. The predicted molar refractivity (Wildman–Crippen MR) is 272 cm³/mol. The molecule has 66 heavy (non-hydrogen) atoms. The number of rotatable bonds is 10. The normalized spacial score (nSPS) is 11.2. The molecular formula is C59H49N7. The minimum absolute atomic E-state index is 0.420. The Morgan fingerprint density at radius 3 is 1.36 bits per heavy atom. The maximum absolute atomic E-state index is 5.39. The largest absolute Gasteiger partial charge is 0.309 e. The number of hydrogen-bond donors (Lipinski definition) is 0. The van der Waals surface area contributed by atoms with Gasteiger partial charge in [0.2, 0.25) is 5.95 Å². The van der Waals surface area contributed by atoms with Crippen molar-refractivity contribution in [3.63, 3.8) is 0 Å². The zero-order valence-electron chi connectivity index (χ0n) is 38.0. The monoisotopic (exact) mass is 855 g/mol. The van der Waals surface area contributed by atoms with E-state index < -0.39 is 0 Å². The highest BCUT2D eigenvalue weighted by Gasteiger charge is 2.26. The van der Waals surface area contributed by atoms with Crippen LogP contribution in [0.1, 0.15) is 33.4 Å². The van der Waals surface area contributed by atoms with Crippen LogP contribution >= 0.6 is 0 Å². The second-order valence-corrected chi connectivity index (χ2v) is 17.0. The van der Waals surface area contributed by atoms with Crippen LogP contribution < -0.4 is 9.80 Å². The molecule has 0 unspecified atom stereocenters. The van der Waals surface area contributed by atoms with E-state index in [-0.39, 0.29) is 0 Å². The maximum atomic E-state index is 5.39. The first-order valence-electron chi connectivity index (χ1n) is 22.3. The predicted octanol–water partition coefficient (Wildman–Crippen LogP) is 15.3. The SMILES string of the molecule is Cc1cc(C)c(N(c2ccc(N(c3cc(-c4ccccc4)nc(-c4ccccc4)n3)c3nc(-c4ccccc4)nc(-c4cccc5ccccc45)n3)cc2)c2c(C)cc(C)cc2C)c(C)c1. The molecule has 0 aliphatic carbocycles. The molecular weight excluding hydrogens is 807 g/mol. The second-order valence-electron chi connectivity index (χ2n) is 17.0. The van der Waals surface area contributed by atoms with Gasteiger partial charge in [0.05, 0.1) is 22.8 Å². The number of aromatic nitrogens is 5. The Labute approximate surface area is 386 Å². The van der Waals surface area contributed by atoms with Gasteiger partial charge in [-0.2, -0.15) is 9.97 Å². The highest BCUT2D eigenvalue weighted by Crippen LogP contribution is 2.44. The number of fused-ring (bicyclic) bond motifs is 1. The number of benzene rings is 8. The Morgan fingerprint density at radius 2 is 0.803 bits per heavy atom. The van der Waals surface area contributed by atoms with Gasteiger partial charge in [0.25, 0.3) is 0 Å². The highest BCUT2D eigenvalue weighted by atomic mass is 15.3. The lowest BCUT2D eigenvalue weighted by Crippen LogP contribution is -2.18. The third-order valence-corrected chi connectivity index (χ3v) is 12.0. The van der Waals surface area contributed by atoms with Gasteiger partial charge in [-0.25, -0.2) is 15.0 Å². The molecule has 7 heteroatoms. The van der Waals surface area contributed by atoms with E-state index in [9.17, 15) is 0 Å². The van der Waals surface area contributed by atoms with E-state index in [0.717, 1.165) is 50.1 Å². The summed E-state index contributed by atoms with van der Waals surface area (Å²) in [5.74, 6) is 2.72. The van der Waals surface area contributed by atoms with Crippen molar-refractivity contribution in [2.45, 2.75) is 41.5 Å². The van der Waals surface area contributed by atoms with Crippen LogP contribution in [0.5, 0.6) is 0 Å². The zero-order chi connectivity index (χ0) is 45.3. The molecule has 0 amide bonds. The fourth-order valence-corrected chi connectivity index (χ4v) is 9.27. The first-order valence-corrected chi connectivity index (χ1v) is 22.3. The molecule has 7 nitrogen and oxygen atoms in total. The third-order valence-electron chi connectivity index (χ3n) is 12.0. The summed E-state index contributed by atoms with van der Waals surface area (Å²) in [5, 5.41) is 2.15. The van der Waals surface area contributed by atoms with Gasteiger partial charge >= 0.3 is 0 Å². The quantitative estimate of drug-likeness (QED) is 0.136. The van der Waals surface area contributed by atoms with Crippen molar-refractivity contribution >= 4 is 45.3 Å². The summed E-state index contributed by atoms with van der Waals surface area (Å²) in [5.41, 5.74) is 15.9. The van der Waals surface area contributed by atoms with E-state index >= 15 is 0 Å². The maximum Gasteiger partial charge on any atom is 0.239 e. The summed E-state index contributed by atoms with van der Waals surface area (Å²) in [4.78, 5) is 30.9. The summed E-state index contributed by atoms with van der Waals surface area (Å²) in [6.45, 7) is 13.2. The van der Waals surface area contributed by atoms with Crippen molar-refractivity contribution in [3.8, 4) is 45.4 Å². The average molecular weight is 856 g/mol. The Balaban J connectivity index is 1.24. The molecule has 0 fully saturated rings. The second kappa shape index (κ2) is 17.7. The third kappa shape index (κ3) is 8.19. The summed E-state index contributed by atoms with van der Waals surface area (Å²) >= 11 is 0. The average Bonchev–Trinajstić information content (AvgIpc) is 3.34. The van der Waals surface area contributed by atoms with Gasteiger partial charge in [-0.1, -0.05) is 169 Å². The fraction of sp³-hybridized carbons (Fsp3) is 0.102. The highest BCUT2D eigenvalue weighted by molar-refractivity contribution is 5.95. The van der Waals surface area contributed by atoms with Gasteiger partial charge in [0, 0.05) is 34.0 Å². The van der Waals surface area contributed by atoms with E-state index in [2.05, 4.69) is 150 Å². The van der Waals surface area contributed by atoms with Gasteiger partial charge in [0.15, 0.2) is 17.5 Å². The lowest BCUT2D eigenvalue weighted by atomic mass is 9.98. The van der Waals surface area contributed by atoms with E-state index in [1.807, 2.05) is 89.8 Å². The Hall–Kier alpha value is -8.29. The van der Waals surface area contributed by atoms with E-state index in [0.29, 0.717) is 29.2 Å². The van der Waals surface area contributed by atoms with Crippen molar-refractivity contribution < 1.29 is 0 Å². The zero-order valence-corrected chi connectivity index (χ0v) is 38.0. The molecule has 10 rings (SSSR count). The lowest BCUT2D eigenvalue weighted by molar-refractivity contribution is 1.00. The van der Waals surface area contributed by atoms with Gasteiger partial charge in [0.1, 0.15) is 5.82 Å². The van der Waals surface area contributed by atoms with Gasteiger partial charge in [-0.3, -0.25) is 4.90 Å². The molecule has 0 radical (unpaired) electrons. The molecule has 0 aliphatic rings. The summed E-state index contributed by atoms with van der Waals surface area (Å²) in [6.07, 6.45) is 0. The molecule has 8 aromatic carbocycles. The molecule has 2 heterocycles. The Morgan fingerprint density at radius 1 is 0.348 bits per heavy atom. The number of aryl methyl sites for hydroxylation is 6. The van der Waals surface area contributed by atoms with Crippen molar-refractivity contribution in [1.82, 2.24) is 24.9 Å². The van der Waals surface area contributed by atoms with Crippen LogP contribution in [0, 0.1) is 41.5 Å². The van der Waals surface area contributed by atoms with Crippen LogP contribution in [-0.2, 0) is 0 Å². The van der Waals surface area contributed by atoms with Gasteiger partial charge < -0.3 is 4.90 Å². The standard InChI is InChI=1S/C59H49N7/c1-38-33-40(3)54(41(4)34-38)66(55-42(5)35-39(2)36-43(55)6)49-31-29-48(30-32-49)65(53-37-52(45-20-10-7-11-21-45)60-56(61-53)46-22-12-8-13-23-46)59-63-57(47-24-14-9-15-25-47)62-58(64-59)51-28-18-26-44-19-16-17-27-50(44)51/h7-37H,1-6H3. The Bertz CT molecular complexity index is 3200. The minimum Gasteiger partial charge on any atom is -0.309 e. The lowest BCUT2D eigenvalue weighted by Gasteiger charge is -2.32. The molecule has 0 saturated carbocycles. The van der Waals surface area contributed by atoms with E-state index in [1.54, 1.807) is 0 Å². The number of anilines is 6. The summed E-state index contributed by atoms with van der Waals surface area (Å²) in [7, 11) is 0. The van der Waals surface area contributed by atoms with Crippen LogP contribution in [0.2, 0.25) is 0 Å². The number of nitrogens with zero attached hydrogens (tertiary/aromatic N) is 7. The topological polar surface area (TPSA) is 70.9 Å². The van der Waals surface area contributed by atoms with Crippen molar-refractivity contribution in [2.75, 3.05) is 9.80 Å². The first kappa shape index (κ1) is 41.7. The smallest absolute Gasteiger partial charge is 0.239 e. The molecule has 0 N–H and O–H groups in total. The first-order chi connectivity index (χ1) is 32.2. The van der Waals surface area contributed by atoms with Gasteiger partial charge in [-0.05, 0) is 98.8 Å². The molecule has 0 spiro atoms. The van der Waals surface area contributed by atoms with Crippen LogP contribution in [-0.4, -0.2) is 24.9 Å². The van der Waals surface area contributed by atoms with Crippen molar-refractivity contribution in [2.24, 2.45) is 0 Å². The van der Waals surface area contributed by atoms with Crippen LogP contribution in [0.25, 0.3) is 56.2 Å². The fourth-order valence-electron chi connectivity index (χ4n) is 9.27. The van der Waals surface area contributed by atoms with Crippen molar-refractivity contribution in [3.05, 3.63) is 221 Å². The summed E-state index contributed by atoms with van der Waals surface area (Å²) < 4.78 is 0. The summed E-state index contributed by atoms with van der Waals surface area (Å²) in [6, 6.07) is 64.9. The van der Waals surface area contributed by atoms with E-state index in [1.165, 1.54) is 44.8 Å². The molecule has 0 aliphatic heterocycles. The molecule has 0 saturated heterocycles. The molecule has 320 valence electrons. The Kier molecular flexibility index (Phi) is 11.2. The molecule has 10 aromatic rings.